The van der Waals surface area contributed by atoms with Crippen LogP contribution in [0.1, 0.15) is 60.3 Å². The van der Waals surface area contributed by atoms with Crippen LogP contribution in [-0.4, -0.2) is 67.3 Å². The predicted octanol–water partition coefficient (Wildman–Crippen LogP) is 6.35. The molecule has 0 bridgehead atoms. The number of anilines is 1. The number of aromatic nitrogens is 2. The van der Waals surface area contributed by atoms with E-state index in [9.17, 15) is 4.79 Å². The Morgan fingerprint density at radius 3 is 2.51 bits per heavy atom. The van der Waals surface area contributed by atoms with Crippen LogP contribution in [0.15, 0.2) is 60.8 Å². The van der Waals surface area contributed by atoms with Gasteiger partial charge in [-0.15, -0.1) is 0 Å². The lowest BCUT2D eigenvalue weighted by Crippen LogP contribution is -2.51. The van der Waals surface area contributed by atoms with Crippen molar-refractivity contribution < 1.29 is 9.53 Å². The summed E-state index contributed by atoms with van der Waals surface area (Å²) in [4.78, 5) is 19.1. The summed E-state index contributed by atoms with van der Waals surface area (Å²) in [5.41, 5.74) is 9.31. The van der Waals surface area contributed by atoms with E-state index in [1.807, 2.05) is 18.3 Å². The van der Waals surface area contributed by atoms with Crippen LogP contribution in [-0.2, 0) is 11.8 Å². The van der Waals surface area contributed by atoms with Crippen molar-refractivity contribution in [3.63, 3.8) is 0 Å². The minimum absolute atomic E-state index is 0.125. The first-order valence-corrected chi connectivity index (χ1v) is 14.7. The monoisotopic (exact) mass is 552 g/mol. The highest BCUT2D eigenvalue weighted by molar-refractivity contribution is 5.96. The number of aryl methyl sites for hydroxylation is 1. The lowest BCUT2D eigenvalue weighted by molar-refractivity contribution is 0.101. The zero-order valence-corrected chi connectivity index (χ0v) is 25.1. The van der Waals surface area contributed by atoms with Crippen LogP contribution in [0.3, 0.4) is 0 Å². The molecule has 6 rings (SSSR count). The van der Waals surface area contributed by atoms with Crippen LogP contribution in [0.4, 0.5) is 11.4 Å². The van der Waals surface area contributed by atoms with Crippen molar-refractivity contribution in [2.24, 2.45) is 7.05 Å². The van der Waals surface area contributed by atoms with Crippen molar-refractivity contribution in [3.05, 3.63) is 77.6 Å². The quantitative estimate of drug-likeness (QED) is 0.214. The Labute approximate surface area is 243 Å². The van der Waals surface area contributed by atoms with E-state index in [4.69, 9.17) is 9.72 Å². The third-order valence-corrected chi connectivity index (χ3v) is 9.61. The van der Waals surface area contributed by atoms with E-state index in [0.717, 1.165) is 41.6 Å². The lowest BCUT2D eigenvalue weighted by Gasteiger charge is -2.36. The Balaban J connectivity index is 1.23. The molecule has 41 heavy (non-hydrogen) atoms. The summed E-state index contributed by atoms with van der Waals surface area (Å²) in [5.74, 6) is 0.667. The number of piperidine rings is 1. The molecule has 2 aromatic heterocycles. The normalized spacial score (nSPS) is 19.7. The van der Waals surface area contributed by atoms with E-state index >= 15 is 0 Å². The molecule has 1 saturated heterocycles. The SMILES string of the molecule is COCC1Nc2cc(-c3ccnc4c3cc(C(C)N3CCC(c5ccc(C(C)=O)cc5)CC3)n4C)ccc2[N+]1(C)C. The standard InChI is InChI=1S/C34H42N5O2/c1-22(38-17-14-26(15-18-38)25-9-7-24(8-10-25)23(2)40)31-20-29-28(13-16-35-34(29)37(31)3)27-11-12-32-30(19-27)36-33(21-41-6)39(32,4)5/h7-13,16,19-20,22,26,33,36H,14-15,17-18,21H2,1-6H3/q+1. The molecule has 0 spiro atoms. The van der Waals surface area contributed by atoms with Gasteiger partial charge in [0.1, 0.15) is 17.9 Å². The number of ketones is 1. The number of ether oxygens (including phenoxy) is 1. The third-order valence-electron chi connectivity index (χ3n) is 9.61. The van der Waals surface area contributed by atoms with Crippen molar-refractivity contribution in [3.8, 4) is 11.1 Å². The van der Waals surface area contributed by atoms with E-state index in [2.05, 4.69) is 85.3 Å². The number of quaternary nitrogens is 1. The number of hydrogen-bond donors (Lipinski definition) is 1. The van der Waals surface area contributed by atoms with E-state index in [0.29, 0.717) is 12.5 Å². The molecular weight excluding hydrogens is 510 g/mol. The number of nitrogens with one attached hydrogen (secondary N) is 1. The second-order valence-corrected chi connectivity index (χ2v) is 12.3. The van der Waals surface area contributed by atoms with Crippen molar-refractivity contribution in [2.45, 2.75) is 44.8 Å². The first-order valence-electron chi connectivity index (χ1n) is 14.7. The van der Waals surface area contributed by atoms with Crippen LogP contribution in [0.5, 0.6) is 0 Å². The van der Waals surface area contributed by atoms with E-state index in [1.54, 1.807) is 14.0 Å². The number of rotatable bonds is 7. The maximum Gasteiger partial charge on any atom is 0.190 e. The first-order chi connectivity index (χ1) is 19.7. The smallest absolute Gasteiger partial charge is 0.190 e. The fourth-order valence-electron chi connectivity index (χ4n) is 6.90. The van der Waals surface area contributed by atoms with Gasteiger partial charge in [0.15, 0.2) is 17.6 Å². The number of carbonyl (C=O) groups is 1. The van der Waals surface area contributed by atoms with Gasteiger partial charge in [-0.1, -0.05) is 24.3 Å². The summed E-state index contributed by atoms with van der Waals surface area (Å²) < 4.78 is 8.52. The van der Waals surface area contributed by atoms with Crippen LogP contribution in [0.2, 0.25) is 0 Å². The first kappa shape index (κ1) is 27.6. The molecule has 214 valence electrons. The fourth-order valence-corrected chi connectivity index (χ4v) is 6.90. The fraction of sp³-hybridized carbons (Fsp3) is 0.412. The van der Waals surface area contributed by atoms with E-state index in [-0.39, 0.29) is 18.0 Å². The minimum atomic E-state index is 0.125. The van der Waals surface area contributed by atoms with Crippen LogP contribution >= 0.6 is 0 Å². The molecule has 7 heteroatoms. The number of pyridine rings is 1. The van der Waals surface area contributed by atoms with Crippen molar-refractivity contribution in [2.75, 3.05) is 46.2 Å². The summed E-state index contributed by atoms with van der Waals surface area (Å²) in [6.45, 7) is 6.71. The highest BCUT2D eigenvalue weighted by atomic mass is 16.5. The molecule has 7 nitrogen and oxygen atoms in total. The number of methoxy groups -OCH3 is 1. The average molecular weight is 553 g/mol. The minimum Gasteiger partial charge on any atom is -0.376 e. The number of carbonyl (C=O) groups excluding carboxylic acids is 1. The second kappa shape index (κ2) is 10.7. The number of benzene rings is 2. The summed E-state index contributed by atoms with van der Waals surface area (Å²) in [7, 11) is 8.36. The van der Waals surface area contributed by atoms with E-state index < -0.39 is 0 Å². The van der Waals surface area contributed by atoms with E-state index in [1.165, 1.54) is 39.1 Å². The van der Waals surface area contributed by atoms with Gasteiger partial charge in [0.05, 0.1) is 14.1 Å². The molecule has 4 aromatic rings. The Morgan fingerprint density at radius 2 is 1.83 bits per heavy atom. The molecule has 2 aliphatic heterocycles. The molecule has 2 aliphatic rings. The summed E-state index contributed by atoms with van der Waals surface area (Å²) in [5, 5.41) is 4.88. The Bertz CT molecular complexity index is 1580. The number of likely N-dealkylation sites (N-methyl/N-ethyl adjacent to an activating group) is 1. The molecule has 2 atom stereocenters. The van der Waals surface area contributed by atoms with Gasteiger partial charge in [0, 0.05) is 49.1 Å². The number of nitrogens with zero attached hydrogens (tertiary/aromatic N) is 4. The predicted molar refractivity (Wildman–Crippen MR) is 167 cm³/mol. The highest BCUT2D eigenvalue weighted by Gasteiger charge is 2.40. The molecular formula is C34H42N5O2+. The number of hydrogen-bond acceptors (Lipinski definition) is 5. The molecule has 0 amide bonds. The largest absolute Gasteiger partial charge is 0.376 e. The summed E-state index contributed by atoms with van der Waals surface area (Å²) in [6.07, 6.45) is 4.37. The Morgan fingerprint density at radius 1 is 1.10 bits per heavy atom. The Kier molecular flexibility index (Phi) is 7.22. The number of fused-ring (bicyclic) bond motifs is 2. The van der Waals surface area contributed by atoms with Gasteiger partial charge < -0.3 is 14.6 Å². The zero-order chi connectivity index (χ0) is 28.9. The Hall–Kier alpha value is -3.52. The van der Waals surface area contributed by atoms with Crippen molar-refractivity contribution >= 4 is 28.2 Å². The highest BCUT2D eigenvalue weighted by Crippen LogP contribution is 2.42. The van der Waals surface area contributed by atoms with Crippen molar-refractivity contribution in [1.82, 2.24) is 18.9 Å². The van der Waals surface area contributed by atoms with Gasteiger partial charge >= 0.3 is 0 Å². The van der Waals surface area contributed by atoms with Crippen LogP contribution in [0, 0.1) is 0 Å². The molecule has 4 heterocycles. The molecule has 1 N–H and O–H groups in total. The number of Topliss-reactive ketones (excluding diaryl/α,β-unsaturated/α-hetero) is 1. The molecule has 0 radical (unpaired) electrons. The van der Waals surface area contributed by atoms with Gasteiger partial charge in [0.25, 0.3) is 0 Å². The van der Waals surface area contributed by atoms with Crippen LogP contribution < -0.4 is 9.80 Å². The second-order valence-electron chi connectivity index (χ2n) is 12.3. The van der Waals surface area contributed by atoms with Gasteiger partial charge in [-0.05, 0) is 86.7 Å². The number of likely N-dealkylation sites (tertiary alicyclic amines) is 1. The molecule has 2 unspecified atom stereocenters. The van der Waals surface area contributed by atoms with Gasteiger partial charge in [-0.25, -0.2) is 4.98 Å². The molecule has 0 aliphatic carbocycles. The maximum atomic E-state index is 11.7. The third kappa shape index (κ3) is 4.86. The average Bonchev–Trinajstić information content (AvgIpc) is 3.45. The van der Waals surface area contributed by atoms with Gasteiger partial charge in [0.2, 0.25) is 0 Å². The zero-order valence-electron chi connectivity index (χ0n) is 25.1. The maximum absolute atomic E-state index is 11.7. The lowest BCUT2D eigenvalue weighted by atomic mass is 9.88. The molecule has 0 saturated carbocycles. The summed E-state index contributed by atoms with van der Waals surface area (Å²) >= 11 is 0. The topological polar surface area (TPSA) is 59.4 Å². The van der Waals surface area contributed by atoms with Gasteiger partial charge in [-0.3, -0.25) is 14.2 Å². The molecule has 2 aromatic carbocycles. The van der Waals surface area contributed by atoms with Crippen LogP contribution in [0.25, 0.3) is 22.2 Å². The summed E-state index contributed by atoms with van der Waals surface area (Å²) in [6, 6.07) is 19.8. The molecule has 1 fully saturated rings. The van der Waals surface area contributed by atoms with Crippen molar-refractivity contribution in [1.29, 1.82) is 0 Å². The van der Waals surface area contributed by atoms with Gasteiger partial charge in [-0.2, -0.15) is 0 Å².